The molecular weight excluding hydrogens is 340 g/mol. The minimum absolute atomic E-state index is 0.0410. The largest absolute Gasteiger partial charge is 0.367 e. The Morgan fingerprint density at radius 2 is 1.88 bits per heavy atom. The molecule has 1 heterocycles. The summed E-state index contributed by atoms with van der Waals surface area (Å²) >= 11 is 1.73. The Bertz CT molecular complexity index is 801. The maximum atomic E-state index is 4.50. The number of hydrogen-bond donors (Lipinski definition) is 0. The molecule has 26 heavy (non-hydrogen) atoms. The third-order valence-electron chi connectivity index (χ3n) is 4.43. The minimum Gasteiger partial charge on any atom is -0.367 e. The van der Waals surface area contributed by atoms with Crippen LogP contribution in [-0.2, 0) is 6.54 Å². The molecule has 0 radical (unpaired) electrons. The third kappa shape index (κ3) is 4.47. The topological polar surface area (TPSA) is 31.2 Å². The summed E-state index contributed by atoms with van der Waals surface area (Å²) in [6.07, 6.45) is 2.10. The van der Waals surface area contributed by atoms with Crippen LogP contribution in [-0.4, -0.2) is 24.0 Å². The molecule has 2 aromatic rings. The van der Waals surface area contributed by atoms with Crippen LogP contribution in [0.4, 0.5) is 11.4 Å². The summed E-state index contributed by atoms with van der Waals surface area (Å²) in [5.41, 5.74) is 4.66. The van der Waals surface area contributed by atoms with Crippen LogP contribution in [0.25, 0.3) is 0 Å². The molecule has 0 aromatic heterocycles. The first-order chi connectivity index (χ1) is 12.6. The van der Waals surface area contributed by atoms with Crippen LogP contribution in [0.3, 0.4) is 0 Å². The van der Waals surface area contributed by atoms with E-state index in [9.17, 15) is 0 Å². The second kappa shape index (κ2) is 8.41. The first kappa shape index (κ1) is 18.5. The van der Waals surface area contributed by atoms with Gasteiger partial charge < -0.3 is 9.80 Å². The molecule has 0 saturated heterocycles. The Kier molecular flexibility index (Phi) is 5.99. The van der Waals surface area contributed by atoms with E-state index in [0.29, 0.717) is 0 Å². The first-order valence-electron chi connectivity index (χ1n) is 8.94. The number of azo groups is 1. The number of aryl methyl sites for hydroxylation is 1. The normalized spacial score (nSPS) is 17.0. The molecule has 0 bridgehead atoms. The number of benzene rings is 2. The SMILES string of the molecule is CCN(Cc1ccccc1)c1ccc(N=NC2SC(C)=CN2C)c(C)c1. The number of thioether (sulfide) groups is 1. The molecule has 3 rings (SSSR count). The zero-order valence-corrected chi connectivity index (χ0v) is 16.7. The fourth-order valence-corrected chi connectivity index (χ4v) is 3.87. The van der Waals surface area contributed by atoms with Gasteiger partial charge in [0.15, 0.2) is 5.50 Å². The van der Waals surface area contributed by atoms with Crippen molar-refractivity contribution in [3.05, 3.63) is 70.8 Å². The van der Waals surface area contributed by atoms with Crippen molar-refractivity contribution >= 4 is 23.1 Å². The Morgan fingerprint density at radius 1 is 1.12 bits per heavy atom. The van der Waals surface area contributed by atoms with Gasteiger partial charge in [0.1, 0.15) is 0 Å². The summed E-state index contributed by atoms with van der Waals surface area (Å²) in [5, 5.41) is 8.99. The van der Waals surface area contributed by atoms with Crippen LogP contribution in [0.2, 0.25) is 0 Å². The van der Waals surface area contributed by atoms with E-state index in [-0.39, 0.29) is 5.50 Å². The van der Waals surface area contributed by atoms with Gasteiger partial charge in [0.05, 0.1) is 5.69 Å². The predicted molar refractivity (Wildman–Crippen MR) is 112 cm³/mol. The van der Waals surface area contributed by atoms with E-state index in [1.54, 1.807) is 11.8 Å². The fraction of sp³-hybridized carbons (Fsp3) is 0.333. The highest BCUT2D eigenvalue weighted by Crippen LogP contribution is 2.33. The molecule has 0 amide bonds. The number of nitrogens with zero attached hydrogens (tertiary/aromatic N) is 4. The van der Waals surface area contributed by atoms with Gasteiger partial charge in [0.25, 0.3) is 0 Å². The minimum atomic E-state index is 0.0410. The zero-order chi connectivity index (χ0) is 18.5. The van der Waals surface area contributed by atoms with Crippen LogP contribution in [0.1, 0.15) is 25.0 Å². The summed E-state index contributed by atoms with van der Waals surface area (Å²) < 4.78 is 0. The second-order valence-electron chi connectivity index (χ2n) is 6.54. The van der Waals surface area contributed by atoms with E-state index < -0.39 is 0 Å². The van der Waals surface area contributed by atoms with Crippen molar-refractivity contribution in [2.24, 2.45) is 10.2 Å². The smallest absolute Gasteiger partial charge is 0.193 e. The van der Waals surface area contributed by atoms with Crippen LogP contribution in [0, 0.1) is 6.92 Å². The molecule has 0 aliphatic carbocycles. The number of rotatable bonds is 6. The van der Waals surface area contributed by atoms with E-state index in [2.05, 4.69) is 95.5 Å². The Labute approximate surface area is 160 Å². The molecule has 1 aliphatic rings. The lowest BCUT2D eigenvalue weighted by Crippen LogP contribution is -2.21. The third-order valence-corrected chi connectivity index (χ3v) is 5.55. The van der Waals surface area contributed by atoms with Crippen LogP contribution in [0.15, 0.2) is 69.9 Å². The van der Waals surface area contributed by atoms with E-state index in [1.807, 2.05) is 7.05 Å². The average Bonchev–Trinajstić information content (AvgIpc) is 2.97. The monoisotopic (exact) mass is 366 g/mol. The first-order valence-corrected chi connectivity index (χ1v) is 9.82. The summed E-state index contributed by atoms with van der Waals surface area (Å²) in [4.78, 5) is 5.73. The fourth-order valence-electron chi connectivity index (χ4n) is 2.98. The Balaban J connectivity index is 1.72. The highest BCUT2D eigenvalue weighted by atomic mass is 32.2. The lowest BCUT2D eigenvalue weighted by molar-refractivity contribution is 0.436. The highest BCUT2D eigenvalue weighted by molar-refractivity contribution is 8.03. The molecule has 1 atom stereocenters. The molecule has 1 unspecified atom stereocenters. The van der Waals surface area contributed by atoms with Gasteiger partial charge in [0, 0.05) is 36.9 Å². The van der Waals surface area contributed by atoms with Crippen molar-refractivity contribution in [3.8, 4) is 0 Å². The summed E-state index contributed by atoms with van der Waals surface area (Å²) in [6, 6.07) is 17.0. The number of hydrogen-bond acceptors (Lipinski definition) is 5. The predicted octanol–water partition coefficient (Wildman–Crippen LogP) is 5.93. The Morgan fingerprint density at radius 3 is 2.50 bits per heavy atom. The van der Waals surface area contributed by atoms with Gasteiger partial charge in [-0.25, -0.2) is 0 Å². The van der Waals surface area contributed by atoms with Gasteiger partial charge in [-0.3, -0.25) is 0 Å². The molecule has 4 nitrogen and oxygen atoms in total. The van der Waals surface area contributed by atoms with Crippen LogP contribution >= 0.6 is 11.8 Å². The van der Waals surface area contributed by atoms with Gasteiger partial charge in [-0.2, -0.15) is 10.2 Å². The van der Waals surface area contributed by atoms with E-state index in [4.69, 9.17) is 0 Å². The maximum Gasteiger partial charge on any atom is 0.193 e. The lowest BCUT2D eigenvalue weighted by atomic mass is 10.1. The number of anilines is 1. The van der Waals surface area contributed by atoms with Gasteiger partial charge in [-0.05, 0) is 50.1 Å². The van der Waals surface area contributed by atoms with Crippen molar-refractivity contribution in [1.82, 2.24) is 4.90 Å². The van der Waals surface area contributed by atoms with Crippen LogP contribution < -0.4 is 4.90 Å². The molecule has 0 saturated carbocycles. The molecule has 5 heteroatoms. The zero-order valence-electron chi connectivity index (χ0n) is 15.9. The van der Waals surface area contributed by atoms with Gasteiger partial charge in [0.2, 0.25) is 0 Å². The van der Waals surface area contributed by atoms with Crippen LogP contribution in [0.5, 0.6) is 0 Å². The van der Waals surface area contributed by atoms with Crippen molar-refractivity contribution < 1.29 is 0 Å². The molecule has 0 N–H and O–H groups in total. The van der Waals surface area contributed by atoms with E-state index in [0.717, 1.165) is 24.3 Å². The van der Waals surface area contributed by atoms with E-state index >= 15 is 0 Å². The van der Waals surface area contributed by atoms with E-state index in [1.165, 1.54) is 16.2 Å². The number of allylic oxidation sites excluding steroid dienone is 1. The Hall–Kier alpha value is -2.27. The second-order valence-corrected chi connectivity index (χ2v) is 7.84. The molecule has 2 aromatic carbocycles. The van der Waals surface area contributed by atoms with Crippen molar-refractivity contribution in [3.63, 3.8) is 0 Å². The molecule has 1 aliphatic heterocycles. The maximum absolute atomic E-state index is 4.50. The van der Waals surface area contributed by atoms with Crippen molar-refractivity contribution in [1.29, 1.82) is 0 Å². The molecule has 136 valence electrons. The molecule has 0 fully saturated rings. The standard InChI is InChI=1S/C21H26N4S/c1-5-25(15-18-9-7-6-8-10-18)19-11-12-20(16(2)13-19)22-23-21-24(4)14-17(3)26-21/h6-14,21H,5,15H2,1-4H3. The summed E-state index contributed by atoms with van der Waals surface area (Å²) in [7, 11) is 2.03. The van der Waals surface area contributed by atoms with Gasteiger partial charge in [-0.1, -0.05) is 42.1 Å². The molecule has 0 spiro atoms. The van der Waals surface area contributed by atoms with Gasteiger partial charge in [-0.15, -0.1) is 0 Å². The quantitative estimate of drug-likeness (QED) is 0.594. The molecular formula is C21H26N4S. The van der Waals surface area contributed by atoms with Crippen molar-refractivity contribution in [2.45, 2.75) is 32.8 Å². The average molecular weight is 367 g/mol. The summed E-state index contributed by atoms with van der Waals surface area (Å²) in [5.74, 6) is 0. The summed E-state index contributed by atoms with van der Waals surface area (Å²) in [6.45, 7) is 8.26. The van der Waals surface area contributed by atoms with Gasteiger partial charge >= 0.3 is 0 Å². The lowest BCUT2D eigenvalue weighted by Gasteiger charge is -2.24. The highest BCUT2D eigenvalue weighted by Gasteiger charge is 2.19. The van der Waals surface area contributed by atoms with Crippen molar-refractivity contribution in [2.75, 3.05) is 18.5 Å².